The van der Waals surface area contributed by atoms with Gasteiger partial charge in [-0.2, -0.15) is 10.1 Å². The summed E-state index contributed by atoms with van der Waals surface area (Å²) in [5.41, 5.74) is 11.6. The first-order valence-corrected chi connectivity index (χ1v) is 11.6. The number of carbonyl (C=O) groups is 1. The van der Waals surface area contributed by atoms with E-state index in [0.29, 0.717) is 34.4 Å². The first-order valence-electron chi connectivity index (χ1n) is 11.6. The lowest BCUT2D eigenvalue weighted by Crippen LogP contribution is -2.13. The second-order valence-electron chi connectivity index (χ2n) is 9.06. The van der Waals surface area contributed by atoms with Gasteiger partial charge in [0.05, 0.1) is 46.0 Å². The third kappa shape index (κ3) is 4.05. The topological polar surface area (TPSA) is 150 Å². The number of aromatic nitrogens is 7. The van der Waals surface area contributed by atoms with E-state index in [4.69, 9.17) is 10.3 Å². The maximum atomic E-state index is 13.4. The highest BCUT2D eigenvalue weighted by molar-refractivity contribution is 6.09. The maximum absolute atomic E-state index is 13.4. The number of rotatable bonds is 5. The number of hydrogen-bond acceptors (Lipinski definition) is 9. The van der Waals surface area contributed by atoms with Gasteiger partial charge in [-0.25, -0.2) is 18.9 Å². The number of nitrogens with zero attached hydrogens (tertiary/aromatic N) is 7. The number of pyridine rings is 2. The minimum absolute atomic E-state index is 0.214. The highest BCUT2D eigenvalue weighted by Crippen LogP contribution is 2.43. The van der Waals surface area contributed by atoms with Gasteiger partial charge in [-0.15, -0.1) is 0 Å². The van der Waals surface area contributed by atoms with Crippen molar-refractivity contribution in [2.75, 3.05) is 11.1 Å². The van der Waals surface area contributed by atoms with E-state index in [1.807, 2.05) is 26.0 Å². The van der Waals surface area contributed by atoms with Gasteiger partial charge < -0.3 is 15.6 Å². The van der Waals surface area contributed by atoms with Gasteiger partial charge in [0.1, 0.15) is 6.17 Å². The molecule has 5 heterocycles. The van der Waals surface area contributed by atoms with Crippen LogP contribution in [0.4, 0.5) is 16.0 Å². The van der Waals surface area contributed by atoms with Crippen LogP contribution in [0.1, 0.15) is 45.7 Å². The Morgan fingerprint density at radius 2 is 1.86 bits per heavy atom. The summed E-state index contributed by atoms with van der Waals surface area (Å²) in [5.74, 6) is 0.0728. The van der Waals surface area contributed by atoms with E-state index in [2.05, 4.69) is 35.5 Å². The molecular weight excluding hydrogens is 477 g/mol. The molecule has 5 aromatic rings. The van der Waals surface area contributed by atoms with Crippen molar-refractivity contribution in [2.24, 2.45) is 0 Å². The van der Waals surface area contributed by atoms with E-state index in [9.17, 15) is 9.18 Å². The SMILES string of the molecule is Cc1ncc(-c2noc([C@H]3C[C@@H]3F)n2)cc1NC(=O)c1cnn2ccc(-c3c(C)nc(N)nc3C)cc12. The van der Waals surface area contributed by atoms with Crippen LogP contribution >= 0.6 is 0 Å². The van der Waals surface area contributed by atoms with Crippen LogP contribution in [0.5, 0.6) is 0 Å². The van der Waals surface area contributed by atoms with Crippen molar-refractivity contribution >= 4 is 23.1 Å². The normalized spacial score (nSPS) is 16.8. The molecule has 5 aromatic heterocycles. The highest BCUT2D eigenvalue weighted by atomic mass is 19.1. The van der Waals surface area contributed by atoms with Crippen LogP contribution in [-0.4, -0.2) is 46.8 Å². The molecule has 12 heteroatoms. The van der Waals surface area contributed by atoms with Gasteiger partial charge in [-0.1, -0.05) is 5.16 Å². The molecule has 1 fully saturated rings. The second-order valence-corrected chi connectivity index (χ2v) is 9.06. The van der Waals surface area contributed by atoms with E-state index in [-0.39, 0.29) is 29.5 Å². The molecule has 6 rings (SSSR count). The second kappa shape index (κ2) is 8.43. The molecule has 1 amide bonds. The molecule has 1 saturated carbocycles. The molecule has 2 atom stereocenters. The first kappa shape index (κ1) is 22.7. The largest absolute Gasteiger partial charge is 0.368 e. The van der Waals surface area contributed by atoms with Gasteiger partial charge in [-0.05, 0) is 51.0 Å². The third-order valence-corrected chi connectivity index (χ3v) is 6.41. The van der Waals surface area contributed by atoms with Crippen LogP contribution < -0.4 is 11.1 Å². The van der Waals surface area contributed by atoms with Gasteiger partial charge >= 0.3 is 0 Å². The molecule has 1 aliphatic rings. The number of halogens is 1. The van der Waals surface area contributed by atoms with Crippen LogP contribution in [0.25, 0.3) is 28.0 Å². The lowest BCUT2D eigenvalue weighted by atomic mass is 10.0. The summed E-state index contributed by atoms with van der Waals surface area (Å²) >= 11 is 0. The van der Waals surface area contributed by atoms with Crippen molar-refractivity contribution in [1.82, 2.24) is 34.7 Å². The molecule has 0 aromatic carbocycles. The Balaban J connectivity index is 1.31. The number of aryl methyl sites for hydroxylation is 3. The quantitative estimate of drug-likeness (QED) is 0.368. The van der Waals surface area contributed by atoms with Crippen LogP contribution in [0.15, 0.2) is 41.3 Å². The predicted octanol–water partition coefficient (Wildman–Crippen LogP) is 3.82. The van der Waals surface area contributed by atoms with Gasteiger partial charge in [0.25, 0.3) is 5.91 Å². The molecule has 0 radical (unpaired) electrons. The maximum Gasteiger partial charge on any atom is 0.259 e. The predicted molar refractivity (Wildman–Crippen MR) is 133 cm³/mol. The number of nitrogens with one attached hydrogen (secondary N) is 1. The number of nitrogen functional groups attached to an aromatic ring is 1. The summed E-state index contributed by atoms with van der Waals surface area (Å²) < 4.78 is 20.2. The fraction of sp³-hybridized carbons (Fsp3) is 0.240. The number of carbonyl (C=O) groups excluding carboxylic acids is 1. The Hall–Kier alpha value is -4.74. The highest BCUT2D eigenvalue weighted by Gasteiger charge is 2.43. The summed E-state index contributed by atoms with van der Waals surface area (Å²) in [6, 6.07) is 5.47. The monoisotopic (exact) mass is 499 g/mol. The lowest BCUT2D eigenvalue weighted by molar-refractivity contribution is 0.102. The summed E-state index contributed by atoms with van der Waals surface area (Å²) in [4.78, 5) is 30.5. The fourth-order valence-corrected chi connectivity index (χ4v) is 4.37. The molecule has 186 valence electrons. The summed E-state index contributed by atoms with van der Waals surface area (Å²) in [6.07, 6.45) is 4.32. The Morgan fingerprint density at radius 3 is 2.59 bits per heavy atom. The van der Waals surface area contributed by atoms with E-state index in [0.717, 1.165) is 22.5 Å². The number of anilines is 2. The molecule has 3 N–H and O–H groups in total. The average molecular weight is 500 g/mol. The Kier molecular flexibility index (Phi) is 5.18. The Morgan fingerprint density at radius 1 is 1.11 bits per heavy atom. The third-order valence-electron chi connectivity index (χ3n) is 6.41. The van der Waals surface area contributed by atoms with Gasteiger partial charge in [0.15, 0.2) is 0 Å². The van der Waals surface area contributed by atoms with Crippen molar-refractivity contribution < 1.29 is 13.7 Å². The number of hydrogen-bond donors (Lipinski definition) is 2. The molecule has 0 saturated heterocycles. The fourth-order valence-electron chi connectivity index (χ4n) is 4.37. The smallest absolute Gasteiger partial charge is 0.259 e. The van der Waals surface area contributed by atoms with E-state index >= 15 is 0 Å². The number of amides is 1. The molecule has 0 spiro atoms. The molecule has 0 aliphatic heterocycles. The molecule has 0 unspecified atom stereocenters. The molecule has 37 heavy (non-hydrogen) atoms. The number of fused-ring (bicyclic) bond motifs is 1. The van der Waals surface area contributed by atoms with Crippen LogP contribution in [0.3, 0.4) is 0 Å². The van der Waals surface area contributed by atoms with E-state index in [1.165, 1.54) is 6.20 Å². The van der Waals surface area contributed by atoms with Crippen molar-refractivity contribution in [3.05, 3.63) is 65.3 Å². The van der Waals surface area contributed by atoms with Gasteiger partial charge in [0, 0.05) is 23.5 Å². The zero-order chi connectivity index (χ0) is 25.8. The van der Waals surface area contributed by atoms with Crippen molar-refractivity contribution in [2.45, 2.75) is 39.3 Å². The van der Waals surface area contributed by atoms with Crippen LogP contribution in [-0.2, 0) is 0 Å². The first-order chi connectivity index (χ1) is 17.8. The Labute approximate surface area is 210 Å². The van der Waals surface area contributed by atoms with Crippen molar-refractivity contribution in [1.29, 1.82) is 0 Å². The molecule has 11 nitrogen and oxygen atoms in total. The van der Waals surface area contributed by atoms with Crippen molar-refractivity contribution in [3.8, 4) is 22.5 Å². The standard InChI is InChI=1S/C25H22FN9O2/c1-11-19(6-15(9-28-11)22-33-24(37-34-22)16-8-18(16)26)32-23(36)17-10-29-35-5-4-14(7-20(17)35)21-12(2)30-25(27)31-13(21)3/h4-7,9-10,16,18H,8H2,1-3H3,(H,32,36)(H2,27,30,31)/t16-,18-/m0/s1. The zero-order valence-electron chi connectivity index (χ0n) is 20.2. The molecule has 0 bridgehead atoms. The number of nitrogens with two attached hydrogens (primary N) is 1. The average Bonchev–Trinajstić information content (AvgIpc) is 3.23. The van der Waals surface area contributed by atoms with E-state index < -0.39 is 6.17 Å². The Bertz CT molecular complexity index is 1670. The number of alkyl halides is 1. The van der Waals surface area contributed by atoms with Crippen molar-refractivity contribution in [3.63, 3.8) is 0 Å². The van der Waals surface area contributed by atoms with Gasteiger partial charge in [-0.3, -0.25) is 9.78 Å². The van der Waals surface area contributed by atoms with E-state index in [1.54, 1.807) is 29.9 Å². The summed E-state index contributed by atoms with van der Waals surface area (Å²) in [6.45, 7) is 5.51. The van der Waals surface area contributed by atoms with Crippen LogP contribution in [0, 0.1) is 20.8 Å². The van der Waals surface area contributed by atoms with Gasteiger partial charge in [0.2, 0.25) is 17.7 Å². The lowest BCUT2D eigenvalue weighted by Gasteiger charge is -2.11. The summed E-state index contributed by atoms with van der Waals surface area (Å²) in [5, 5.41) is 11.2. The van der Waals surface area contributed by atoms with Crippen LogP contribution in [0.2, 0.25) is 0 Å². The molecule has 1 aliphatic carbocycles. The minimum Gasteiger partial charge on any atom is -0.368 e. The zero-order valence-corrected chi connectivity index (χ0v) is 20.2. The molecular formula is C25H22FN9O2. The minimum atomic E-state index is -0.939. The summed E-state index contributed by atoms with van der Waals surface area (Å²) in [7, 11) is 0.